The number of hydrogen-bond donors (Lipinski definition) is 2. The smallest absolute Gasteiger partial charge is 0.252 e. The topological polar surface area (TPSA) is 57.8 Å². The summed E-state index contributed by atoms with van der Waals surface area (Å²) < 4.78 is 0. The van der Waals surface area contributed by atoms with Crippen molar-refractivity contribution >= 4 is 5.82 Å². The summed E-state index contributed by atoms with van der Waals surface area (Å²) in [7, 11) is 0. The number of rotatable bonds is 3. The molecular formula is C10H15N3O. The number of nitrogens with zero attached hydrogens (tertiary/aromatic N) is 1. The second-order valence-corrected chi connectivity index (χ2v) is 3.92. The highest BCUT2D eigenvalue weighted by molar-refractivity contribution is 5.33. The van der Waals surface area contributed by atoms with Gasteiger partial charge in [-0.25, -0.2) is 4.98 Å². The molecule has 0 radical (unpaired) electrons. The summed E-state index contributed by atoms with van der Waals surface area (Å²) in [4.78, 5) is 17.5. The van der Waals surface area contributed by atoms with Crippen LogP contribution in [0.25, 0.3) is 0 Å². The Morgan fingerprint density at radius 1 is 1.64 bits per heavy atom. The molecule has 1 fully saturated rings. The van der Waals surface area contributed by atoms with Crippen LogP contribution in [0.3, 0.4) is 0 Å². The van der Waals surface area contributed by atoms with E-state index in [4.69, 9.17) is 0 Å². The van der Waals surface area contributed by atoms with Crippen molar-refractivity contribution in [3.8, 4) is 0 Å². The molecule has 0 amide bonds. The van der Waals surface area contributed by atoms with E-state index in [9.17, 15) is 4.79 Å². The van der Waals surface area contributed by atoms with Crippen molar-refractivity contribution in [2.75, 3.05) is 5.32 Å². The maximum absolute atomic E-state index is 11.0. The van der Waals surface area contributed by atoms with Crippen LogP contribution in [0, 0.1) is 5.92 Å². The monoisotopic (exact) mass is 193 g/mol. The third-order valence-electron chi connectivity index (χ3n) is 2.91. The van der Waals surface area contributed by atoms with E-state index in [0.29, 0.717) is 11.9 Å². The molecule has 2 rings (SSSR count). The summed E-state index contributed by atoms with van der Waals surface area (Å²) in [6.07, 6.45) is 5.34. The van der Waals surface area contributed by atoms with E-state index in [2.05, 4.69) is 22.2 Å². The van der Waals surface area contributed by atoms with Gasteiger partial charge >= 0.3 is 0 Å². The van der Waals surface area contributed by atoms with Crippen LogP contribution in [0.5, 0.6) is 0 Å². The van der Waals surface area contributed by atoms with Gasteiger partial charge in [0.05, 0.1) is 6.33 Å². The van der Waals surface area contributed by atoms with E-state index in [-0.39, 0.29) is 5.56 Å². The molecule has 1 aromatic heterocycles. The zero-order valence-corrected chi connectivity index (χ0v) is 8.29. The van der Waals surface area contributed by atoms with Crippen LogP contribution >= 0.6 is 0 Å². The van der Waals surface area contributed by atoms with Gasteiger partial charge in [0.25, 0.3) is 5.56 Å². The molecule has 1 saturated carbocycles. The van der Waals surface area contributed by atoms with Crippen molar-refractivity contribution < 1.29 is 0 Å². The molecule has 0 spiro atoms. The number of nitrogens with one attached hydrogen (secondary N) is 2. The Morgan fingerprint density at radius 3 is 3.00 bits per heavy atom. The van der Waals surface area contributed by atoms with E-state index >= 15 is 0 Å². The lowest BCUT2D eigenvalue weighted by atomic mass is 9.80. The minimum Gasteiger partial charge on any atom is -0.367 e. The van der Waals surface area contributed by atoms with Gasteiger partial charge < -0.3 is 10.3 Å². The number of H-pyrrole nitrogens is 1. The normalized spacial score (nSPS) is 18.6. The number of hydrogen-bond acceptors (Lipinski definition) is 3. The summed E-state index contributed by atoms with van der Waals surface area (Å²) in [5.74, 6) is 1.42. The first-order valence-corrected chi connectivity index (χ1v) is 5.07. The quantitative estimate of drug-likeness (QED) is 0.762. The number of anilines is 1. The Labute approximate surface area is 82.8 Å². The zero-order valence-electron chi connectivity index (χ0n) is 8.29. The Hall–Kier alpha value is -1.32. The third kappa shape index (κ3) is 1.95. The highest BCUT2D eigenvalue weighted by atomic mass is 16.1. The van der Waals surface area contributed by atoms with Crippen molar-refractivity contribution in [1.29, 1.82) is 0 Å². The fraction of sp³-hybridized carbons (Fsp3) is 0.600. The standard InChI is InChI=1S/C10H15N3O/c1-7(8-3-2-4-8)13-9-5-10(14)12-6-11-9/h5-8H,2-4H2,1H3,(H2,11,12,13,14). The first-order valence-electron chi connectivity index (χ1n) is 5.07. The van der Waals surface area contributed by atoms with Crippen molar-refractivity contribution in [2.45, 2.75) is 32.2 Å². The van der Waals surface area contributed by atoms with Gasteiger partial charge in [-0.3, -0.25) is 4.79 Å². The number of aromatic nitrogens is 2. The van der Waals surface area contributed by atoms with Gasteiger partial charge in [-0.2, -0.15) is 0 Å². The lowest BCUT2D eigenvalue weighted by Crippen LogP contribution is -2.31. The minimum atomic E-state index is -0.108. The summed E-state index contributed by atoms with van der Waals surface area (Å²) >= 11 is 0. The van der Waals surface area contributed by atoms with Crippen LogP contribution in [0.1, 0.15) is 26.2 Å². The molecule has 1 aromatic rings. The average Bonchev–Trinajstić information content (AvgIpc) is 1.99. The van der Waals surface area contributed by atoms with E-state index < -0.39 is 0 Å². The molecule has 4 heteroatoms. The van der Waals surface area contributed by atoms with Gasteiger partial charge in [0.2, 0.25) is 0 Å². The summed E-state index contributed by atoms with van der Waals surface area (Å²) in [5, 5.41) is 3.25. The molecule has 1 heterocycles. The fourth-order valence-corrected chi connectivity index (χ4v) is 1.74. The maximum Gasteiger partial charge on any atom is 0.252 e. The SMILES string of the molecule is CC(Nc1cc(=O)[nH]cn1)C1CCC1. The molecule has 0 aromatic carbocycles. The van der Waals surface area contributed by atoms with Crippen molar-refractivity contribution in [1.82, 2.24) is 9.97 Å². The molecule has 0 aliphatic heterocycles. The first kappa shape index (κ1) is 9.24. The van der Waals surface area contributed by atoms with Gasteiger partial charge in [0.1, 0.15) is 5.82 Å². The summed E-state index contributed by atoms with van der Waals surface area (Å²) in [5.41, 5.74) is -0.108. The van der Waals surface area contributed by atoms with Crippen LogP contribution in [-0.2, 0) is 0 Å². The van der Waals surface area contributed by atoms with Crippen molar-refractivity contribution in [2.24, 2.45) is 5.92 Å². The first-order chi connectivity index (χ1) is 6.75. The Kier molecular flexibility index (Phi) is 2.52. The second kappa shape index (κ2) is 3.82. The van der Waals surface area contributed by atoms with Gasteiger partial charge in [0.15, 0.2) is 0 Å². The second-order valence-electron chi connectivity index (χ2n) is 3.92. The van der Waals surface area contributed by atoms with Crippen LogP contribution in [0.15, 0.2) is 17.2 Å². The van der Waals surface area contributed by atoms with Crippen LogP contribution < -0.4 is 10.9 Å². The molecule has 76 valence electrons. The highest BCUT2D eigenvalue weighted by Gasteiger charge is 2.23. The van der Waals surface area contributed by atoms with E-state index in [1.54, 1.807) is 0 Å². The van der Waals surface area contributed by atoms with Crippen molar-refractivity contribution in [3.05, 3.63) is 22.7 Å². The summed E-state index contributed by atoms with van der Waals surface area (Å²) in [6.45, 7) is 2.15. The summed E-state index contributed by atoms with van der Waals surface area (Å²) in [6, 6.07) is 1.91. The Balaban J connectivity index is 1.99. The predicted octanol–water partition coefficient (Wildman–Crippen LogP) is 1.37. The highest BCUT2D eigenvalue weighted by Crippen LogP contribution is 2.30. The molecular weight excluding hydrogens is 178 g/mol. The van der Waals surface area contributed by atoms with E-state index in [1.165, 1.54) is 31.7 Å². The van der Waals surface area contributed by atoms with Crippen LogP contribution in [-0.4, -0.2) is 16.0 Å². The van der Waals surface area contributed by atoms with E-state index in [0.717, 1.165) is 5.92 Å². The van der Waals surface area contributed by atoms with Gasteiger partial charge in [-0.1, -0.05) is 6.42 Å². The molecule has 1 aliphatic rings. The molecule has 4 nitrogen and oxygen atoms in total. The van der Waals surface area contributed by atoms with Crippen LogP contribution in [0.2, 0.25) is 0 Å². The molecule has 0 saturated heterocycles. The molecule has 1 atom stereocenters. The molecule has 2 N–H and O–H groups in total. The zero-order chi connectivity index (χ0) is 9.97. The molecule has 14 heavy (non-hydrogen) atoms. The maximum atomic E-state index is 11.0. The van der Waals surface area contributed by atoms with Gasteiger partial charge in [0, 0.05) is 12.1 Å². The predicted molar refractivity (Wildman–Crippen MR) is 55.3 cm³/mol. The fourth-order valence-electron chi connectivity index (χ4n) is 1.74. The van der Waals surface area contributed by atoms with Crippen LogP contribution in [0.4, 0.5) is 5.82 Å². The lowest BCUT2D eigenvalue weighted by Gasteiger charge is -2.32. The third-order valence-corrected chi connectivity index (χ3v) is 2.91. The number of aromatic amines is 1. The Morgan fingerprint density at radius 2 is 2.43 bits per heavy atom. The van der Waals surface area contributed by atoms with Gasteiger partial charge in [-0.15, -0.1) is 0 Å². The molecule has 0 bridgehead atoms. The largest absolute Gasteiger partial charge is 0.367 e. The van der Waals surface area contributed by atoms with Crippen molar-refractivity contribution in [3.63, 3.8) is 0 Å². The minimum absolute atomic E-state index is 0.108. The lowest BCUT2D eigenvalue weighted by molar-refractivity contribution is 0.285. The van der Waals surface area contributed by atoms with E-state index in [1.807, 2.05) is 0 Å². The Bertz CT molecular complexity index is 356. The average molecular weight is 193 g/mol. The van der Waals surface area contributed by atoms with Gasteiger partial charge in [-0.05, 0) is 25.7 Å². The molecule has 1 unspecified atom stereocenters. The molecule has 1 aliphatic carbocycles.